The third-order valence-corrected chi connectivity index (χ3v) is 12.3. The van der Waals surface area contributed by atoms with E-state index in [1.807, 2.05) is 18.2 Å². The van der Waals surface area contributed by atoms with E-state index in [1.54, 1.807) is 18.2 Å². The molecule has 9 aromatic carbocycles. The third-order valence-electron chi connectivity index (χ3n) is 12.3. The van der Waals surface area contributed by atoms with E-state index in [4.69, 9.17) is 6.57 Å². The first-order chi connectivity index (χ1) is 30.2. The van der Waals surface area contributed by atoms with Crippen molar-refractivity contribution < 1.29 is 0 Å². The number of nitriles is 1. The van der Waals surface area contributed by atoms with Gasteiger partial charge >= 0.3 is 0 Å². The van der Waals surface area contributed by atoms with Crippen LogP contribution in [0.1, 0.15) is 5.56 Å². The van der Waals surface area contributed by atoms with Crippen molar-refractivity contribution in [3.63, 3.8) is 0 Å². The van der Waals surface area contributed by atoms with E-state index in [2.05, 4.69) is 188 Å². The SMILES string of the molecule is [C-]#[N+]c1cccc(C#N)c1-c1ccc(-n2c3ccc(-n4c5ccccc5c5ccccc54)cc3c3cc(-n4c5ccccc5c5ccccc54)ccc32)cc1-c1ccccc1. The first-order valence-corrected chi connectivity index (χ1v) is 20.4. The fraction of sp³-hybridized carbons (Fsp3) is 0. The molecule has 0 aliphatic rings. The van der Waals surface area contributed by atoms with Crippen molar-refractivity contribution in [2.45, 2.75) is 0 Å². The van der Waals surface area contributed by atoms with Crippen molar-refractivity contribution in [3.05, 3.63) is 217 Å². The maximum atomic E-state index is 10.3. The summed E-state index contributed by atoms with van der Waals surface area (Å²) < 4.78 is 7.13. The van der Waals surface area contributed by atoms with Crippen molar-refractivity contribution in [3.8, 4) is 45.4 Å². The van der Waals surface area contributed by atoms with Gasteiger partial charge in [-0.05, 0) is 95.6 Å². The van der Waals surface area contributed by atoms with Gasteiger partial charge in [-0.2, -0.15) is 5.26 Å². The number of para-hydroxylation sites is 4. The summed E-state index contributed by atoms with van der Waals surface area (Å²) in [6.45, 7) is 8.04. The second-order valence-electron chi connectivity index (χ2n) is 15.5. The molecule has 5 heteroatoms. The Morgan fingerprint density at radius 1 is 0.377 bits per heavy atom. The van der Waals surface area contributed by atoms with E-state index in [-0.39, 0.29) is 0 Å². The molecule has 0 N–H and O–H groups in total. The second kappa shape index (κ2) is 13.5. The van der Waals surface area contributed by atoms with Gasteiger partial charge in [-0.15, -0.1) is 0 Å². The Labute approximate surface area is 351 Å². The largest absolute Gasteiger partial charge is 0.309 e. The van der Waals surface area contributed by atoms with Gasteiger partial charge in [-0.25, -0.2) is 4.85 Å². The molecule has 61 heavy (non-hydrogen) atoms. The van der Waals surface area contributed by atoms with Gasteiger partial charge in [0.25, 0.3) is 0 Å². The first kappa shape index (κ1) is 34.4. The zero-order chi connectivity index (χ0) is 40.6. The lowest BCUT2D eigenvalue weighted by atomic mass is 9.90. The van der Waals surface area contributed by atoms with Crippen molar-refractivity contribution >= 4 is 71.1 Å². The molecule has 12 aromatic rings. The van der Waals surface area contributed by atoms with Crippen LogP contribution < -0.4 is 0 Å². The lowest BCUT2D eigenvalue weighted by molar-refractivity contribution is 1.16. The van der Waals surface area contributed by atoms with E-state index in [0.29, 0.717) is 16.8 Å². The number of nitrogens with zero attached hydrogens (tertiary/aromatic N) is 5. The van der Waals surface area contributed by atoms with Gasteiger partial charge in [0.1, 0.15) is 0 Å². The topological polar surface area (TPSA) is 42.9 Å². The Hall–Kier alpha value is -8.64. The predicted molar refractivity (Wildman–Crippen MR) is 251 cm³/mol. The van der Waals surface area contributed by atoms with Crippen LogP contribution in [0, 0.1) is 17.9 Å². The van der Waals surface area contributed by atoms with E-state index in [9.17, 15) is 5.26 Å². The Balaban J connectivity index is 1.16. The first-order valence-electron chi connectivity index (χ1n) is 20.4. The van der Waals surface area contributed by atoms with Crippen LogP contribution in [-0.4, -0.2) is 13.7 Å². The fourth-order valence-corrected chi connectivity index (χ4v) is 9.71. The van der Waals surface area contributed by atoms with Gasteiger partial charge in [0, 0.05) is 60.5 Å². The second-order valence-corrected chi connectivity index (χ2v) is 15.5. The summed E-state index contributed by atoms with van der Waals surface area (Å²) in [4.78, 5) is 3.87. The van der Waals surface area contributed by atoms with Gasteiger partial charge in [-0.3, -0.25) is 0 Å². The lowest BCUT2D eigenvalue weighted by Gasteiger charge is -2.17. The smallest absolute Gasteiger partial charge is 0.196 e. The number of hydrogen-bond acceptors (Lipinski definition) is 1. The van der Waals surface area contributed by atoms with Gasteiger partial charge in [-0.1, -0.05) is 121 Å². The Bertz CT molecular complexity index is 3540. The lowest BCUT2D eigenvalue weighted by Crippen LogP contribution is -1.98. The number of aromatic nitrogens is 3. The molecule has 282 valence electrons. The molecule has 0 saturated heterocycles. The zero-order valence-electron chi connectivity index (χ0n) is 32.8. The maximum absolute atomic E-state index is 10.3. The van der Waals surface area contributed by atoms with Crippen molar-refractivity contribution in [2.75, 3.05) is 0 Å². The van der Waals surface area contributed by atoms with Gasteiger partial charge in [0.15, 0.2) is 5.69 Å². The number of benzene rings is 9. The molecule has 3 aromatic heterocycles. The summed E-state index contributed by atoms with van der Waals surface area (Å²) in [7, 11) is 0. The van der Waals surface area contributed by atoms with E-state index in [0.717, 1.165) is 77.6 Å². The van der Waals surface area contributed by atoms with Crippen molar-refractivity contribution in [1.29, 1.82) is 5.26 Å². The highest BCUT2D eigenvalue weighted by molar-refractivity contribution is 6.14. The molecular formula is C56H33N5. The monoisotopic (exact) mass is 775 g/mol. The third kappa shape index (κ3) is 5.12. The van der Waals surface area contributed by atoms with E-state index in [1.165, 1.54) is 21.5 Å². The molecule has 0 saturated carbocycles. The molecule has 0 fully saturated rings. The molecule has 0 radical (unpaired) electrons. The standard InChI is InChI=1S/C56H33N5/c1-58-49-21-13-16-37(35-57)56(49)45-29-26-38(32-46(45)36-14-3-2-4-15-36)61-54-30-27-39(59-50-22-9-5-17-41(50)42-18-6-10-23-51(42)59)33-47(54)48-34-40(28-31-55(48)61)60-52-24-11-7-19-43(52)44-20-8-12-25-53(44)60/h2-34H. The Morgan fingerprint density at radius 2 is 0.803 bits per heavy atom. The molecule has 0 bridgehead atoms. The van der Waals surface area contributed by atoms with Gasteiger partial charge in [0.05, 0.1) is 45.7 Å². The molecule has 0 aliphatic heterocycles. The van der Waals surface area contributed by atoms with Crippen LogP contribution in [0.3, 0.4) is 0 Å². The molecule has 5 nitrogen and oxygen atoms in total. The van der Waals surface area contributed by atoms with Gasteiger partial charge in [0.2, 0.25) is 0 Å². The van der Waals surface area contributed by atoms with Crippen LogP contribution in [-0.2, 0) is 0 Å². The van der Waals surface area contributed by atoms with E-state index >= 15 is 0 Å². The maximum Gasteiger partial charge on any atom is 0.196 e. The molecule has 3 heterocycles. The molecule has 0 spiro atoms. The number of hydrogen-bond donors (Lipinski definition) is 0. The van der Waals surface area contributed by atoms with E-state index < -0.39 is 0 Å². The van der Waals surface area contributed by atoms with Crippen LogP contribution in [0.2, 0.25) is 0 Å². The van der Waals surface area contributed by atoms with Gasteiger partial charge < -0.3 is 13.7 Å². The number of rotatable bonds is 5. The molecule has 12 rings (SSSR count). The predicted octanol–water partition coefficient (Wildman–Crippen LogP) is 14.7. The highest BCUT2D eigenvalue weighted by Crippen LogP contribution is 2.44. The molecule has 0 unspecified atom stereocenters. The van der Waals surface area contributed by atoms with Crippen molar-refractivity contribution in [1.82, 2.24) is 13.7 Å². The highest BCUT2D eigenvalue weighted by atomic mass is 15.0. The normalized spacial score (nSPS) is 11.6. The number of fused-ring (bicyclic) bond motifs is 9. The fourth-order valence-electron chi connectivity index (χ4n) is 9.71. The molecule has 0 atom stereocenters. The quantitative estimate of drug-likeness (QED) is 0.161. The Morgan fingerprint density at radius 3 is 1.28 bits per heavy atom. The minimum atomic E-state index is 0.455. The summed E-state index contributed by atoms with van der Waals surface area (Å²) in [5.74, 6) is 0. The minimum Gasteiger partial charge on any atom is -0.309 e. The summed E-state index contributed by atoms with van der Waals surface area (Å²) in [5, 5.41) is 17.4. The molecule has 0 aliphatic carbocycles. The van der Waals surface area contributed by atoms with Crippen LogP contribution in [0.5, 0.6) is 0 Å². The van der Waals surface area contributed by atoms with Crippen LogP contribution in [0.15, 0.2) is 200 Å². The zero-order valence-corrected chi connectivity index (χ0v) is 32.8. The average Bonchev–Trinajstić information content (AvgIpc) is 3.96. The summed E-state index contributed by atoms with van der Waals surface area (Å²) in [6, 6.07) is 72.7. The summed E-state index contributed by atoms with van der Waals surface area (Å²) >= 11 is 0. The Kier molecular flexibility index (Phi) is 7.59. The van der Waals surface area contributed by atoms with Crippen LogP contribution in [0.25, 0.3) is 110 Å². The summed E-state index contributed by atoms with van der Waals surface area (Å²) in [6.07, 6.45) is 0. The van der Waals surface area contributed by atoms with Crippen LogP contribution >= 0.6 is 0 Å². The molecule has 0 amide bonds. The molecular weight excluding hydrogens is 743 g/mol. The van der Waals surface area contributed by atoms with Crippen molar-refractivity contribution in [2.24, 2.45) is 0 Å². The summed E-state index contributed by atoms with van der Waals surface area (Å²) in [5.41, 5.74) is 14.4. The highest BCUT2D eigenvalue weighted by Gasteiger charge is 2.21. The minimum absolute atomic E-state index is 0.455. The van der Waals surface area contributed by atoms with Crippen LogP contribution in [0.4, 0.5) is 5.69 Å². The average molecular weight is 776 g/mol.